The Kier molecular flexibility index (Phi) is 10.2. The molecule has 2 heterocycles. The molecule has 0 radical (unpaired) electrons. The Labute approximate surface area is 227 Å². The molecule has 1 aromatic heterocycles. The van der Waals surface area contributed by atoms with E-state index in [1.54, 1.807) is 0 Å². The minimum atomic E-state index is -2.74. The van der Waals surface area contributed by atoms with Crippen molar-refractivity contribution in [2.24, 2.45) is 0 Å². The molecule has 1 aliphatic heterocycles. The first-order valence-electron chi connectivity index (χ1n) is 13.3. The molecule has 39 heavy (non-hydrogen) atoms. The van der Waals surface area contributed by atoms with Gasteiger partial charge in [0.2, 0.25) is 0 Å². The standard InChI is InChI=1S/C22H31N3O.C6H8O7/c1-18-7-5-6-10-21(18)22(26)11-13-24(14-12-22)16-19-15-23-25(17-19)20-8-3-2-4-9-20;7-3(8)1-6(13,5(11)12)2-4(9)10/h5-7,10,15,17,20,26H,2-4,8-9,11-14,16H2,1H3;13H,1-2H2,(H,7,8)(H,9,10)(H,11,12). The molecule has 0 bridgehead atoms. The zero-order chi connectivity index (χ0) is 28.6. The molecule has 11 heteroatoms. The number of hydrogen-bond donors (Lipinski definition) is 5. The summed E-state index contributed by atoms with van der Waals surface area (Å²) < 4.78 is 2.20. The number of aryl methyl sites for hydroxylation is 1. The monoisotopic (exact) mass is 545 g/mol. The fourth-order valence-electron chi connectivity index (χ4n) is 5.42. The van der Waals surface area contributed by atoms with Crippen LogP contribution in [0.25, 0.3) is 0 Å². The lowest BCUT2D eigenvalue weighted by Crippen LogP contribution is -2.42. The number of aliphatic carboxylic acids is 3. The summed E-state index contributed by atoms with van der Waals surface area (Å²) in [7, 11) is 0. The molecular formula is C28H39N3O8. The van der Waals surface area contributed by atoms with E-state index in [2.05, 4.69) is 39.9 Å². The molecule has 1 aliphatic carbocycles. The SMILES string of the molecule is Cc1ccccc1C1(O)CCN(Cc2cnn(C3CCCCC3)c2)CC1.O=C(O)CC(O)(CC(=O)O)C(=O)O. The van der Waals surface area contributed by atoms with Crippen molar-refractivity contribution in [2.45, 2.75) is 88.5 Å². The van der Waals surface area contributed by atoms with E-state index >= 15 is 0 Å². The third-order valence-corrected chi connectivity index (χ3v) is 7.63. The first-order chi connectivity index (χ1) is 18.4. The Morgan fingerprint density at radius 2 is 1.59 bits per heavy atom. The lowest BCUT2D eigenvalue weighted by molar-refractivity contribution is -0.170. The normalized spacial score (nSPS) is 18.1. The van der Waals surface area contributed by atoms with Crippen LogP contribution < -0.4 is 0 Å². The minimum absolute atomic E-state index is 0.602. The molecule has 1 saturated carbocycles. The van der Waals surface area contributed by atoms with Gasteiger partial charge in [0.05, 0.1) is 30.7 Å². The van der Waals surface area contributed by atoms with Crippen molar-refractivity contribution in [3.8, 4) is 0 Å². The number of rotatable bonds is 9. The van der Waals surface area contributed by atoms with Crippen LogP contribution in [0.4, 0.5) is 0 Å². The first kappa shape index (κ1) is 30.3. The second kappa shape index (κ2) is 13.2. The third kappa shape index (κ3) is 8.35. The van der Waals surface area contributed by atoms with E-state index in [9.17, 15) is 19.5 Å². The Morgan fingerprint density at radius 3 is 2.13 bits per heavy atom. The van der Waals surface area contributed by atoms with Gasteiger partial charge in [-0.15, -0.1) is 0 Å². The number of carbonyl (C=O) groups is 3. The van der Waals surface area contributed by atoms with Crippen LogP contribution in [0.2, 0.25) is 0 Å². The van der Waals surface area contributed by atoms with Gasteiger partial charge in [-0.1, -0.05) is 43.5 Å². The topological polar surface area (TPSA) is 173 Å². The molecular weight excluding hydrogens is 506 g/mol. The van der Waals surface area contributed by atoms with E-state index in [4.69, 9.17) is 20.4 Å². The number of carboxylic acid groups (broad SMARTS) is 3. The highest BCUT2D eigenvalue weighted by Gasteiger charge is 2.41. The number of carboxylic acids is 3. The van der Waals surface area contributed by atoms with E-state index in [1.807, 2.05) is 18.3 Å². The maximum Gasteiger partial charge on any atom is 0.336 e. The van der Waals surface area contributed by atoms with Crippen LogP contribution in [0, 0.1) is 6.92 Å². The largest absolute Gasteiger partial charge is 0.481 e. The Hall–Kier alpha value is -3.28. The van der Waals surface area contributed by atoms with E-state index < -0.39 is 42.0 Å². The maximum absolute atomic E-state index is 11.1. The molecule has 2 aromatic rings. The van der Waals surface area contributed by atoms with Crippen molar-refractivity contribution in [1.82, 2.24) is 14.7 Å². The lowest BCUT2D eigenvalue weighted by Gasteiger charge is -2.39. The number of hydrogen-bond acceptors (Lipinski definition) is 7. The summed E-state index contributed by atoms with van der Waals surface area (Å²) in [4.78, 5) is 32.9. The number of benzene rings is 1. The maximum atomic E-state index is 11.1. The van der Waals surface area contributed by atoms with Gasteiger partial charge in [0, 0.05) is 31.4 Å². The summed E-state index contributed by atoms with van der Waals surface area (Å²) in [5, 5.41) is 49.6. The van der Waals surface area contributed by atoms with Crippen LogP contribution in [-0.2, 0) is 26.5 Å². The highest BCUT2D eigenvalue weighted by Crippen LogP contribution is 2.35. The van der Waals surface area contributed by atoms with Crippen molar-refractivity contribution in [3.63, 3.8) is 0 Å². The van der Waals surface area contributed by atoms with Crippen molar-refractivity contribution >= 4 is 17.9 Å². The minimum Gasteiger partial charge on any atom is -0.481 e. The molecule has 1 aromatic carbocycles. The summed E-state index contributed by atoms with van der Waals surface area (Å²) in [5.41, 5.74) is 0.185. The van der Waals surface area contributed by atoms with Crippen LogP contribution in [0.1, 0.15) is 80.5 Å². The van der Waals surface area contributed by atoms with E-state index in [0.717, 1.165) is 38.0 Å². The number of aromatic nitrogens is 2. The van der Waals surface area contributed by atoms with Gasteiger partial charge in [-0.3, -0.25) is 19.2 Å². The van der Waals surface area contributed by atoms with E-state index in [-0.39, 0.29) is 0 Å². The quantitative estimate of drug-likeness (QED) is 0.315. The fraction of sp³-hybridized carbons (Fsp3) is 0.571. The Balaban J connectivity index is 0.000000276. The Bertz CT molecular complexity index is 1120. The molecule has 214 valence electrons. The van der Waals surface area contributed by atoms with Crippen LogP contribution in [0.15, 0.2) is 36.7 Å². The average molecular weight is 546 g/mol. The van der Waals surface area contributed by atoms with Crippen molar-refractivity contribution < 1.29 is 39.9 Å². The molecule has 0 unspecified atom stereocenters. The van der Waals surface area contributed by atoms with Gasteiger partial charge in [0.25, 0.3) is 0 Å². The molecule has 2 aliphatic rings. The number of likely N-dealkylation sites (tertiary alicyclic amines) is 1. The summed E-state index contributed by atoms with van der Waals surface area (Å²) in [6.45, 7) is 4.90. The molecule has 5 N–H and O–H groups in total. The van der Waals surface area contributed by atoms with Crippen molar-refractivity contribution in [1.29, 1.82) is 0 Å². The number of aliphatic hydroxyl groups is 2. The van der Waals surface area contributed by atoms with Crippen LogP contribution in [0.3, 0.4) is 0 Å². The molecule has 1 saturated heterocycles. The second-order valence-corrected chi connectivity index (χ2v) is 10.7. The molecule has 2 fully saturated rings. The predicted molar refractivity (Wildman–Crippen MR) is 141 cm³/mol. The van der Waals surface area contributed by atoms with Gasteiger partial charge in [0.15, 0.2) is 5.60 Å². The van der Waals surface area contributed by atoms with Gasteiger partial charge < -0.3 is 25.5 Å². The number of nitrogens with zero attached hydrogens (tertiary/aromatic N) is 3. The van der Waals surface area contributed by atoms with E-state index in [0.29, 0.717) is 6.04 Å². The lowest BCUT2D eigenvalue weighted by atomic mass is 9.82. The van der Waals surface area contributed by atoms with Crippen LogP contribution in [-0.4, -0.2) is 76.8 Å². The molecule has 11 nitrogen and oxygen atoms in total. The zero-order valence-electron chi connectivity index (χ0n) is 22.3. The summed E-state index contributed by atoms with van der Waals surface area (Å²) in [5.74, 6) is -5.02. The van der Waals surface area contributed by atoms with Gasteiger partial charge in [-0.05, 0) is 43.7 Å². The molecule has 4 rings (SSSR count). The van der Waals surface area contributed by atoms with E-state index in [1.165, 1.54) is 43.2 Å². The van der Waals surface area contributed by atoms with Crippen LogP contribution >= 0.6 is 0 Å². The van der Waals surface area contributed by atoms with Crippen molar-refractivity contribution in [2.75, 3.05) is 13.1 Å². The fourth-order valence-corrected chi connectivity index (χ4v) is 5.42. The average Bonchev–Trinajstić information content (AvgIpc) is 3.34. The first-order valence-corrected chi connectivity index (χ1v) is 13.3. The highest BCUT2D eigenvalue weighted by atomic mass is 16.4. The summed E-state index contributed by atoms with van der Waals surface area (Å²) >= 11 is 0. The van der Waals surface area contributed by atoms with Gasteiger partial charge in [-0.25, -0.2) is 4.79 Å². The Morgan fingerprint density at radius 1 is 1.00 bits per heavy atom. The molecule has 0 atom stereocenters. The molecule has 0 amide bonds. The molecule has 0 spiro atoms. The van der Waals surface area contributed by atoms with Gasteiger partial charge in [-0.2, -0.15) is 5.10 Å². The predicted octanol–water partition coefficient (Wildman–Crippen LogP) is 2.93. The van der Waals surface area contributed by atoms with Gasteiger partial charge in [0.1, 0.15) is 0 Å². The zero-order valence-corrected chi connectivity index (χ0v) is 22.3. The summed E-state index contributed by atoms with van der Waals surface area (Å²) in [6.07, 6.45) is 10.2. The summed E-state index contributed by atoms with van der Waals surface area (Å²) in [6, 6.07) is 8.86. The van der Waals surface area contributed by atoms with Crippen molar-refractivity contribution in [3.05, 3.63) is 53.3 Å². The third-order valence-electron chi connectivity index (χ3n) is 7.63. The van der Waals surface area contributed by atoms with Crippen LogP contribution in [0.5, 0.6) is 0 Å². The smallest absolute Gasteiger partial charge is 0.336 e. The second-order valence-electron chi connectivity index (χ2n) is 10.7. The highest BCUT2D eigenvalue weighted by molar-refractivity contribution is 5.88. The van der Waals surface area contributed by atoms with Gasteiger partial charge >= 0.3 is 17.9 Å². The number of piperidine rings is 1.